The molecule has 0 aliphatic heterocycles. The molecule has 1 nitrogen and oxygen atoms in total. The summed E-state index contributed by atoms with van der Waals surface area (Å²) >= 11 is 1.73. The summed E-state index contributed by atoms with van der Waals surface area (Å²) in [6.07, 6.45) is 0. The number of fused-ring (bicyclic) bond motifs is 2. The van der Waals surface area contributed by atoms with Gasteiger partial charge in [-0.2, -0.15) is 16.6 Å². The van der Waals surface area contributed by atoms with E-state index >= 15 is 0 Å². The first kappa shape index (κ1) is 15.8. The van der Waals surface area contributed by atoms with Gasteiger partial charge >= 0.3 is 0 Å². The van der Waals surface area contributed by atoms with Crippen molar-refractivity contribution in [2.24, 2.45) is 0 Å². The van der Waals surface area contributed by atoms with Crippen LogP contribution in [0.3, 0.4) is 0 Å². The summed E-state index contributed by atoms with van der Waals surface area (Å²) in [4.78, 5) is 0. The van der Waals surface area contributed by atoms with Crippen LogP contribution in [0.4, 0.5) is 0 Å². The number of hydrogen-bond donors (Lipinski definition) is 0. The molecule has 27 heavy (non-hydrogen) atoms. The van der Waals surface area contributed by atoms with E-state index in [-0.39, 0.29) is 0 Å². The summed E-state index contributed by atoms with van der Waals surface area (Å²) in [7, 11) is 0. The second-order valence-corrected chi connectivity index (χ2v) is 7.32. The number of nitrogens with zero attached hydrogens (tertiary/aromatic N) is 1. The van der Waals surface area contributed by atoms with Gasteiger partial charge in [-0.05, 0) is 72.8 Å². The van der Waals surface area contributed by atoms with Crippen molar-refractivity contribution in [3.05, 3.63) is 95.2 Å². The third kappa shape index (κ3) is 2.52. The molecule has 0 spiro atoms. The fourth-order valence-electron chi connectivity index (χ4n) is 3.87. The summed E-state index contributed by atoms with van der Waals surface area (Å²) in [6, 6.07) is 29.5. The van der Waals surface area contributed by atoms with E-state index in [1.165, 1.54) is 38.2 Å². The van der Waals surface area contributed by atoms with Crippen molar-refractivity contribution < 1.29 is 0 Å². The van der Waals surface area contributed by atoms with E-state index in [4.69, 9.17) is 5.26 Å². The Morgan fingerprint density at radius 2 is 1.11 bits per heavy atom. The molecule has 0 unspecified atom stereocenters. The highest BCUT2D eigenvalue weighted by Gasteiger charge is 2.16. The van der Waals surface area contributed by atoms with Gasteiger partial charge in [-0.3, -0.25) is 0 Å². The fraction of sp³-hybridized carbons (Fsp3) is 0. The minimum Gasteiger partial charge on any atom is -0.192 e. The molecule has 2 heteroatoms. The van der Waals surface area contributed by atoms with Gasteiger partial charge in [0.2, 0.25) is 0 Å². The van der Waals surface area contributed by atoms with Crippen LogP contribution in [-0.4, -0.2) is 0 Å². The van der Waals surface area contributed by atoms with Crippen LogP contribution in [0.2, 0.25) is 0 Å². The van der Waals surface area contributed by atoms with Crippen molar-refractivity contribution in [2.75, 3.05) is 0 Å². The van der Waals surface area contributed by atoms with Crippen molar-refractivity contribution in [2.45, 2.75) is 0 Å². The minimum absolute atomic E-state index is 0.683. The van der Waals surface area contributed by atoms with Crippen LogP contribution >= 0.6 is 11.3 Å². The molecule has 1 heterocycles. The smallest absolute Gasteiger partial charge is 0.0991 e. The maximum absolute atomic E-state index is 9.14. The van der Waals surface area contributed by atoms with Crippen molar-refractivity contribution in [3.63, 3.8) is 0 Å². The zero-order chi connectivity index (χ0) is 18.2. The lowest BCUT2D eigenvalue weighted by Crippen LogP contribution is -1.90. The van der Waals surface area contributed by atoms with Crippen LogP contribution in [0.5, 0.6) is 0 Å². The van der Waals surface area contributed by atoms with Crippen LogP contribution in [-0.2, 0) is 0 Å². The first-order valence-electron chi connectivity index (χ1n) is 8.83. The van der Waals surface area contributed by atoms with E-state index in [0.29, 0.717) is 5.56 Å². The molecule has 1 aromatic heterocycles. The van der Waals surface area contributed by atoms with Gasteiger partial charge < -0.3 is 0 Å². The van der Waals surface area contributed by atoms with Crippen LogP contribution < -0.4 is 0 Å². The van der Waals surface area contributed by atoms with Crippen LogP contribution in [0, 0.1) is 11.3 Å². The molecule has 0 fully saturated rings. The zero-order valence-corrected chi connectivity index (χ0v) is 15.3. The predicted molar refractivity (Wildman–Crippen MR) is 115 cm³/mol. The Balaban J connectivity index is 1.96. The lowest BCUT2D eigenvalue weighted by molar-refractivity contribution is 1.49. The lowest BCUT2D eigenvalue weighted by Gasteiger charge is -2.16. The molecule has 0 radical (unpaired) electrons. The third-order valence-electron chi connectivity index (χ3n) is 5.04. The highest BCUT2D eigenvalue weighted by Crippen LogP contribution is 2.43. The quantitative estimate of drug-likeness (QED) is 0.304. The number of benzene rings is 4. The normalized spacial score (nSPS) is 10.9. The molecule has 0 aliphatic rings. The largest absolute Gasteiger partial charge is 0.192 e. The van der Waals surface area contributed by atoms with Gasteiger partial charge in [0.1, 0.15) is 0 Å². The Labute approximate surface area is 161 Å². The van der Waals surface area contributed by atoms with Gasteiger partial charge in [0.25, 0.3) is 0 Å². The molecule has 0 atom stereocenters. The Hall–Kier alpha value is -3.41. The Morgan fingerprint density at radius 3 is 1.56 bits per heavy atom. The van der Waals surface area contributed by atoms with Crippen LogP contribution in [0.1, 0.15) is 5.56 Å². The summed E-state index contributed by atoms with van der Waals surface area (Å²) < 4.78 is 0. The fourth-order valence-corrected chi connectivity index (χ4v) is 4.52. The van der Waals surface area contributed by atoms with Gasteiger partial charge in [-0.25, -0.2) is 0 Å². The van der Waals surface area contributed by atoms with Crippen molar-refractivity contribution >= 4 is 32.9 Å². The molecule has 5 aromatic rings. The molecule has 0 aliphatic carbocycles. The summed E-state index contributed by atoms with van der Waals surface area (Å²) in [5, 5.41) is 18.5. The molecule has 0 bridgehead atoms. The Bertz CT molecular complexity index is 1250. The summed E-state index contributed by atoms with van der Waals surface area (Å²) in [5.41, 5.74) is 5.60. The van der Waals surface area contributed by atoms with Crippen molar-refractivity contribution in [1.82, 2.24) is 0 Å². The number of rotatable bonds is 2. The van der Waals surface area contributed by atoms with E-state index in [1.54, 1.807) is 11.3 Å². The van der Waals surface area contributed by atoms with Gasteiger partial charge in [-0.1, -0.05) is 60.7 Å². The second kappa shape index (κ2) is 6.39. The molecule has 5 rings (SSSR count). The van der Waals surface area contributed by atoms with Crippen LogP contribution in [0.15, 0.2) is 89.6 Å². The average molecular weight is 361 g/mol. The lowest BCUT2D eigenvalue weighted by atomic mass is 9.86. The second-order valence-electron chi connectivity index (χ2n) is 6.54. The van der Waals surface area contributed by atoms with E-state index in [2.05, 4.69) is 83.6 Å². The van der Waals surface area contributed by atoms with E-state index < -0.39 is 0 Å². The van der Waals surface area contributed by atoms with Crippen molar-refractivity contribution in [1.29, 1.82) is 5.26 Å². The monoisotopic (exact) mass is 361 g/mol. The summed E-state index contributed by atoms with van der Waals surface area (Å²) in [6.45, 7) is 0. The standard InChI is InChI=1S/C25H15NS/c26-15-17-9-11-18(12-10-17)24-20-5-1-3-7-22(20)25(19-13-14-27-16-19)23-8-4-2-6-21(23)24/h1-14,16H. The molecule has 0 saturated heterocycles. The minimum atomic E-state index is 0.683. The maximum Gasteiger partial charge on any atom is 0.0991 e. The van der Waals surface area contributed by atoms with E-state index in [0.717, 1.165) is 5.56 Å². The first-order valence-corrected chi connectivity index (χ1v) is 9.77. The molecular formula is C25H15NS. The van der Waals surface area contributed by atoms with Gasteiger partial charge in [0.15, 0.2) is 0 Å². The van der Waals surface area contributed by atoms with E-state index in [9.17, 15) is 0 Å². The maximum atomic E-state index is 9.14. The highest BCUT2D eigenvalue weighted by atomic mass is 32.1. The van der Waals surface area contributed by atoms with Gasteiger partial charge in [0, 0.05) is 0 Å². The highest BCUT2D eigenvalue weighted by molar-refractivity contribution is 7.08. The van der Waals surface area contributed by atoms with E-state index in [1.807, 2.05) is 12.1 Å². The Kier molecular flexibility index (Phi) is 3.74. The molecule has 4 aromatic carbocycles. The zero-order valence-electron chi connectivity index (χ0n) is 14.5. The van der Waals surface area contributed by atoms with Crippen molar-refractivity contribution in [3.8, 4) is 28.3 Å². The molecule has 0 amide bonds. The molecule has 0 N–H and O–H groups in total. The number of thiophene rings is 1. The van der Waals surface area contributed by atoms with Gasteiger partial charge in [0.05, 0.1) is 11.6 Å². The third-order valence-corrected chi connectivity index (χ3v) is 5.73. The number of nitriles is 1. The first-order chi connectivity index (χ1) is 13.4. The van der Waals surface area contributed by atoms with Crippen LogP contribution in [0.25, 0.3) is 43.8 Å². The summed E-state index contributed by atoms with van der Waals surface area (Å²) in [5.74, 6) is 0. The average Bonchev–Trinajstić information content (AvgIpc) is 3.26. The predicted octanol–water partition coefficient (Wildman–Crippen LogP) is 7.26. The molecular weight excluding hydrogens is 346 g/mol. The SMILES string of the molecule is N#Cc1ccc(-c2c3ccccc3c(-c3ccsc3)c3ccccc23)cc1. The topological polar surface area (TPSA) is 23.8 Å². The van der Waals surface area contributed by atoms with Gasteiger partial charge in [-0.15, -0.1) is 0 Å². The molecule has 0 saturated carbocycles. The Morgan fingerprint density at radius 1 is 0.593 bits per heavy atom. The molecule has 126 valence electrons. The number of hydrogen-bond acceptors (Lipinski definition) is 2.